The summed E-state index contributed by atoms with van der Waals surface area (Å²) in [6.07, 6.45) is 4.79. The highest BCUT2D eigenvalue weighted by Gasteiger charge is 2.27. The molecule has 1 heterocycles. The van der Waals surface area contributed by atoms with Gasteiger partial charge < -0.3 is 15.6 Å². The second-order valence-corrected chi connectivity index (χ2v) is 4.49. The Balaban J connectivity index is 1.95. The average molecular weight is 221 g/mol. The number of carbonyl (C=O) groups is 1. The second kappa shape index (κ2) is 4.70. The van der Waals surface area contributed by atoms with E-state index < -0.39 is 0 Å². The smallest absolute Gasteiger partial charge is 0.268 e. The lowest BCUT2D eigenvalue weighted by molar-refractivity contribution is 0.0900. The van der Waals surface area contributed by atoms with Gasteiger partial charge in [-0.25, -0.2) is 0 Å². The molecule has 16 heavy (non-hydrogen) atoms. The van der Waals surface area contributed by atoms with E-state index in [-0.39, 0.29) is 18.0 Å². The number of nitrogens with one attached hydrogen (secondary N) is 1. The van der Waals surface area contributed by atoms with Gasteiger partial charge in [0.25, 0.3) is 5.91 Å². The van der Waals surface area contributed by atoms with Crippen LogP contribution >= 0.6 is 0 Å². The van der Waals surface area contributed by atoms with Gasteiger partial charge in [0.1, 0.15) is 5.69 Å². The predicted molar refractivity (Wildman–Crippen MR) is 63.2 cm³/mol. The molecule has 0 radical (unpaired) electrons. The highest BCUT2D eigenvalue weighted by atomic mass is 16.2. The summed E-state index contributed by atoms with van der Waals surface area (Å²) in [6.45, 7) is 2.99. The number of hydrogen-bond donors (Lipinski definition) is 2. The molecule has 0 saturated heterocycles. The first-order valence-electron chi connectivity index (χ1n) is 5.92. The first-order chi connectivity index (χ1) is 7.70. The quantitative estimate of drug-likeness (QED) is 0.800. The molecule has 0 bridgehead atoms. The molecule has 0 spiro atoms. The first-order valence-corrected chi connectivity index (χ1v) is 5.92. The Hall–Kier alpha value is -1.29. The van der Waals surface area contributed by atoms with Crippen LogP contribution in [-0.2, 0) is 6.54 Å². The van der Waals surface area contributed by atoms with Crippen LogP contribution in [0, 0.1) is 0 Å². The lowest BCUT2D eigenvalue weighted by Gasteiger charge is -2.33. The van der Waals surface area contributed by atoms with Crippen LogP contribution in [-0.4, -0.2) is 22.6 Å². The molecule has 1 aliphatic rings. The van der Waals surface area contributed by atoms with E-state index in [0.29, 0.717) is 0 Å². The third-order valence-electron chi connectivity index (χ3n) is 3.04. The molecule has 0 unspecified atom stereocenters. The molecule has 4 nitrogen and oxygen atoms in total. The van der Waals surface area contributed by atoms with Crippen LogP contribution in [0.15, 0.2) is 18.3 Å². The van der Waals surface area contributed by atoms with E-state index in [9.17, 15) is 4.79 Å². The minimum Gasteiger partial charge on any atom is -0.348 e. The highest BCUT2D eigenvalue weighted by molar-refractivity contribution is 5.93. The molecule has 1 amide bonds. The first kappa shape index (κ1) is 11.2. The van der Waals surface area contributed by atoms with E-state index in [0.717, 1.165) is 31.5 Å². The molecule has 3 N–H and O–H groups in total. The Morgan fingerprint density at radius 2 is 2.38 bits per heavy atom. The molecular formula is C12H19N3O. The maximum Gasteiger partial charge on any atom is 0.268 e. The van der Waals surface area contributed by atoms with E-state index >= 15 is 0 Å². The summed E-state index contributed by atoms with van der Waals surface area (Å²) in [5.74, 6) is 0.0235. The fourth-order valence-corrected chi connectivity index (χ4v) is 2.10. The van der Waals surface area contributed by atoms with Crippen molar-refractivity contribution in [3.05, 3.63) is 24.0 Å². The Labute approximate surface area is 95.8 Å². The van der Waals surface area contributed by atoms with Crippen LogP contribution in [0.4, 0.5) is 0 Å². The number of aromatic nitrogens is 1. The van der Waals surface area contributed by atoms with Crippen molar-refractivity contribution in [1.29, 1.82) is 0 Å². The Morgan fingerprint density at radius 1 is 1.62 bits per heavy atom. The summed E-state index contributed by atoms with van der Waals surface area (Å²) in [5, 5.41) is 3.01. The van der Waals surface area contributed by atoms with Gasteiger partial charge in [-0.15, -0.1) is 0 Å². The van der Waals surface area contributed by atoms with Crippen LogP contribution in [0.2, 0.25) is 0 Å². The van der Waals surface area contributed by atoms with Gasteiger partial charge in [-0.2, -0.15) is 0 Å². The lowest BCUT2D eigenvalue weighted by Crippen LogP contribution is -2.50. The largest absolute Gasteiger partial charge is 0.348 e. The summed E-state index contributed by atoms with van der Waals surface area (Å²) in [7, 11) is 0. The third-order valence-corrected chi connectivity index (χ3v) is 3.04. The molecule has 1 aliphatic carbocycles. The summed E-state index contributed by atoms with van der Waals surface area (Å²) in [4.78, 5) is 11.9. The minimum absolute atomic E-state index is 0.0235. The Bertz CT molecular complexity index is 366. The molecular weight excluding hydrogens is 202 g/mol. The van der Waals surface area contributed by atoms with Crippen molar-refractivity contribution in [2.45, 2.75) is 44.8 Å². The number of nitrogens with zero attached hydrogens (tertiary/aromatic N) is 1. The standard InChI is InChI=1S/C12H19N3O/c1-2-5-15-6-3-4-11(15)12(16)14-10-7-9(13)8-10/h3-4,6,9-10H,2,5,7-8,13H2,1H3,(H,14,16). The number of amides is 1. The van der Waals surface area contributed by atoms with E-state index in [4.69, 9.17) is 5.73 Å². The summed E-state index contributed by atoms with van der Waals surface area (Å²) in [6, 6.07) is 4.32. The van der Waals surface area contributed by atoms with Crippen LogP contribution in [0.25, 0.3) is 0 Å². The van der Waals surface area contributed by atoms with E-state index in [1.165, 1.54) is 0 Å². The van der Waals surface area contributed by atoms with Crippen LogP contribution < -0.4 is 11.1 Å². The molecule has 2 rings (SSSR count). The van der Waals surface area contributed by atoms with Gasteiger partial charge in [-0.05, 0) is 31.4 Å². The fraction of sp³-hybridized carbons (Fsp3) is 0.583. The zero-order chi connectivity index (χ0) is 11.5. The maximum absolute atomic E-state index is 11.9. The molecule has 1 saturated carbocycles. The van der Waals surface area contributed by atoms with Crippen molar-refractivity contribution < 1.29 is 4.79 Å². The summed E-state index contributed by atoms with van der Waals surface area (Å²) < 4.78 is 1.99. The van der Waals surface area contributed by atoms with Crippen molar-refractivity contribution in [3.63, 3.8) is 0 Å². The molecule has 0 aromatic carbocycles. The molecule has 1 aromatic heterocycles. The maximum atomic E-state index is 11.9. The van der Waals surface area contributed by atoms with Gasteiger partial charge in [-0.3, -0.25) is 4.79 Å². The number of rotatable bonds is 4. The van der Waals surface area contributed by atoms with Crippen molar-refractivity contribution in [1.82, 2.24) is 9.88 Å². The topological polar surface area (TPSA) is 60.0 Å². The molecule has 0 atom stereocenters. The van der Waals surface area contributed by atoms with Gasteiger partial charge in [0.2, 0.25) is 0 Å². The number of aryl methyl sites for hydroxylation is 1. The van der Waals surface area contributed by atoms with Gasteiger partial charge in [-0.1, -0.05) is 6.92 Å². The molecule has 1 aromatic rings. The molecule has 88 valence electrons. The van der Waals surface area contributed by atoms with Crippen molar-refractivity contribution in [3.8, 4) is 0 Å². The van der Waals surface area contributed by atoms with Gasteiger partial charge in [0, 0.05) is 24.8 Å². The zero-order valence-electron chi connectivity index (χ0n) is 9.65. The average Bonchev–Trinajstić information content (AvgIpc) is 2.64. The predicted octanol–water partition coefficient (Wildman–Crippen LogP) is 1.12. The van der Waals surface area contributed by atoms with Crippen molar-refractivity contribution in [2.75, 3.05) is 0 Å². The Morgan fingerprint density at radius 3 is 3.00 bits per heavy atom. The third kappa shape index (κ3) is 2.27. The number of nitrogens with two attached hydrogens (primary N) is 1. The van der Waals surface area contributed by atoms with Crippen molar-refractivity contribution in [2.24, 2.45) is 5.73 Å². The second-order valence-electron chi connectivity index (χ2n) is 4.49. The van der Waals surface area contributed by atoms with Gasteiger partial charge >= 0.3 is 0 Å². The summed E-state index contributed by atoms with van der Waals surface area (Å²) >= 11 is 0. The Kier molecular flexibility index (Phi) is 3.29. The van der Waals surface area contributed by atoms with Gasteiger partial charge in [0.05, 0.1) is 0 Å². The van der Waals surface area contributed by atoms with E-state index in [1.54, 1.807) is 0 Å². The molecule has 0 aliphatic heterocycles. The van der Waals surface area contributed by atoms with E-state index in [2.05, 4.69) is 12.2 Å². The monoisotopic (exact) mass is 221 g/mol. The number of hydrogen-bond acceptors (Lipinski definition) is 2. The van der Waals surface area contributed by atoms with Crippen LogP contribution in [0.1, 0.15) is 36.7 Å². The van der Waals surface area contributed by atoms with E-state index in [1.807, 2.05) is 22.9 Å². The highest BCUT2D eigenvalue weighted by Crippen LogP contribution is 2.18. The zero-order valence-corrected chi connectivity index (χ0v) is 9.65. The normalized spacial score (nSPS) is 23.9. The fourth-order valence-electron chi connectivity index (χ4n) is 2.10. The molecule has 4 heteroatoms. The van der Waals surface area contributed by atoms with Crippen LogP contribution in [0.3, 0.4) is 0 Å². The number of carbonyl (C=O) groups excluding carboxylic acids is 1. The molecule has 1 fully saturated rings. The van der Waals surface area contributed by atoms with Crippen molar-refractivity contribution >= 4 is 5.91 Å². The van der Waals surface area contributed by atoms with Gasteiger partial charge in [0.15, 0.2) is 0 Å². The SMILES string of the molecule is CCCn1cccc1C(=O)NC1CC(N)C1. The minimum atomic E-state index is 0.0235. The summed E-state index contributed by atoms with van der Waals surface area (Å²) in [5.41, 5.74) is 6.44. The van der Waals surface area contributed by atoms with Crippen LogP contribution in [0.5, 0.6) is 0 Å². The lowest BCUT2D eigenvalue weighted by atomic mass is 9.87.